The van der Waals surface area contributed by atoms with E-state index in [9.17, 15) is 4.79 Å². The van der Waals surface area contributed by atoms with E-state index < -0.39 is 0 Å². The minimum absolute atomic E-state index is 0.0396. The molecule has 0 fully saturated rings. The van der Waals surface area contributed by atoms with Gasteiger partial charge in [0.05, 0.1) is 10.2 Å². The summed E-state index contributed by atoms with van der Waals surface area (Å²) < 4.78 is 3.30. The van der Waals surface area contributed by atoms with Gasteiger partial charge in [0, 0.05) is 12.6 Å². The van der Waals surface area contributed by atoms with Crippen LogP contribution in [0.4, 0.5) is 0 Å². The number of hydrogen-bond acceptors (Lipinski definition) is 2. The molecule has 2 aromatic heterocycles. The monoisotopic (exact) mass is 278 g/mol. The Bertz CT molecular complexity index is 566. The number of aromatic nitrogens is 1. The Balaban J connectivity index is 2.21. The van der Waals surface area contributed by atoms with Crippen molar-refractivity contribution in [1.82, 2.24) is 9.88 Å². The van der Waals surface area contributed by atoms with Crippen LogP contribution in [0.1, 0.15) is 50.6 Å². The molecule has 1 amide bonds. The molecule has 0 saturated heterocycles. The normalized spacial score (nSPS) is 11.7. The van der Waals surface area contributed by atoms with Crippen LogP contribution in [0.25, 0.3) is 10.2 Å². The maximum Gasteiger partial charge on any atom is 0.267 e. The fraction of sp³-hybridized carbons (Fsp3) is 0.533. The lowest BCUT2D eigenvalue weighted by Gasteiger charge is -2.14. The Kier molecular flexibility index (Phi) is 4.30. The maximum absolute atomic E-state index is 12.3. The van der Waals surface area contributed by atoms with Crippen LogP contribution in [0.15, 0.2) is 17.5 Å². The lowest BCUT2D eigenvalue weighted by Crippen LogP contribution is -2.28. The van der Waals surface area contributed by atoms with E-state index in [-0.39, 0.29) is 11.9 Å². The van der Waals surface area contributed by atoms with Gasteiger partial charge in [0.1, 0.15) is 5.69 Å². The molecule has 1 N–H and O–H groups in total. The molecule has 3 nitrogen and oxygen atoms in total. The summed E-state index contributed by atoms with van der Waals surface area (Å²) in [4.78, 5) is 12.3. The van der Waals surface area contributed by atoms with Gasteiger partial charge < -0.3 is 9.88 Å². The predicted molar refractivity (Wildman–Crippen MR) is 82.0 cm³/mol. The van der Waals surface area contributed by atoms with Gasteiger partial charge in [-0.1, -0.05) is 13.8 Å². The Labute approximate surface area is 118 Å². The van der Waals surface area contributed by atoms with Crippen molar-refractivity contribution in [3.8, 4) is 0 Å². The number of carbonyl (C=O) groups excluding carboxylic acids is 1. The zero-order valence-corrected chi connectivity index (χ0v) is 12.9. The van der Waals surface area contributed by atoms with E-state index in [4.69, 9.17) is 0 Å². The van der Waals surface area contributed by atoms with Crippen molar-refractivity contribution in [3.05, 3.63) is 23.2 Å². The summed E-state index contributed by atoms with van der Waals surface area (Å²) in [6.07, 6.45) is 1.02. The van der Waals surface area contributed by atoms with E-state index in [0.717, 1.165) is 24.2 Å². The number of amides is 1. The standard InChI is InChI=1S/C15H22N2OS/c1-10(2)5-7-16-15(18)13-9-14-12(6-8-19-14)17(13)11(3)4/h6,8-11H,5,7H2,1-4H3,(H,16,18). The average molecular weight is 278 g/mol. The van der Waals surface area contributed by atoms with Crippen LogP contribution in [0.2, 0.25) is 0 Å². The zero-order valence-electron chi connectivity index (χ0n) is 12.1. The number of nitrogens with one attached hydrogen (secondary N) is 1. The number of fused-ring (bicyclic) bond motifs is 1. The Morgan fingerprint density at radius 1 is 1.37 bits per heavy atom. The van der Waals surface area contributed by atoms with Gasteiger partial charge in [0.15, 0.2) is 0 Å². The third kappa shape index (κ3) is 3.00. The van der Waals surface area contributed by atoms with Gasteiger partial charge in [-0.25, -0.2) is 0 Å². The molecule has 0 atom stereocenters. The van der Waals surface area contributed by atoms with Gasteiger partial charge in [-0.05, 0) is 43.7 Å². The largest absolute Gasteiger partial charge is 0.351 e. The first-order valence-electron chi connectivity index (χ1n) is 6.87. The Morgan fingerprint density at radius 3 is 2.74 bits per heavy atom. The topological polar surface area (TPSA) is 34.0 Å². The van der Waals surface area contributed by atoms with Crippen molar-refractivity contribution in [2.75, 3.05) is 6.54 Å². The molecule has 19 heavy (non-hydrogen) atoms. The summed E-state index contributed by atoms with van der Waals surface area (Å²) in [6.45, 7) is 9.30. The van der Waals surface area contributed by atoms with Gasteiger partial charge in [-0.15, -0.1) is 11.3 Å². The molecule has 0 aliphatic heterocycles. The van der Waals surface area contributed by atoms with Crippen LogP contribution in [-0.4, -0.2) is 17.0 Å². The van der Waals surface area contributed by atoms with Crippen molar-refractivity contribution >= 4 is 27.5 Å². The summed E-state index contributed by atoms with van der Waals surface area (Å²) in [5.41, 5.74) is 1.94. The van der Waals surface area contributed by atoms with Crippen molar-refractivity contribution in [2.45, 2.75) is 40.2 Å². The molecule has 0 radical (unpaired) electrons. The smallest absolute Gasteiger partial charge is 0.267 e. The Morgan fingerprint density at radius 2 is 2.11 bits per heavy atom. The molecule has 2 rings (SSSR count). The minimum atomic E-state index is 0.0396. The first kappa shape index (κ1) is 14.1. The molecule has 2 aromatic rings. The molecule has 0 bridgehead atoms. The van der Waals surface area contributed by atoms with Crippen molar-refractivity contribution in [2.24, 2.45) is 5.92 Å². The quantitative estimate of drug-likeness (QED) is 0.879. The van der Waals surface area contributed by atoms with E-state index in [1.165, 1.54) is 4.70 Å². The summed E-state index contributed by atoms with van der Waals surface area (Å²) in [6, 6.07) is 4.38. The van der Waals surface area contributed by atoms with Crippen LogP contribution >= 0.6 is 11.3 Å². The number of thiophene rings is 1. The fourth-order valence-electron chi connectivity index (χ4n) is 2.24. The number of hydrogen-bond donors (Lipinski definition) is 1. The molecule has 0 aliphatic rings. The van der Waals surface area contributed by atoms with E-state index in [1.807, 2.05) is 6.07 Å². The van der Waals surface area contributed by atoms with E-state index in [0.29, 0.717) is 5.92 Å². The van der Waals surface area contributed by atoms with Gasteiger partial charge >= 0.3 is 0 Å². The summed E-state index contributed by atoms with van der Waals surface area (Å²) in [5.74, 6) is 0.651. The second kappa shape index (κ2) is 5.78. The third-order valence-electron chi connectivity index (χ3n) is 3.22. The van der Waals surface area contributed by atoms with Gasteiger partial charge in [0.25, 0.3) is 5.91 Å². The molecule has 0 unspecified atom stereocenters. The van der Waals surface area contributed by atoms with Crippen LogP contribution in [0.3, 0.4) is 0 Å². The van der Waals surface area contributed by atoms with Gasteiger partial charge in [-0.3, -0.25) is 4.79 Å². The summed E-state index contributed by atoms with van der Waals surface area (Å²) >= 11 is 1.69. The summed E-state index contributed by atoms with van der Waals surface area (Å²) in [5, 5.41) is 5.09. The second-order valence-corrected chi connectivity index (χ2v) is 6.55. The molecule has 0 spiro atoms. The average Bonchev–Trinajstić information content (AvgIpc) is 2.86. The van der Waals surface area contributed by atoms with Crippen LogP contribution in [-0.2, 0) is 0 Å². The molecular formula is C15H22N2OS. The van der Waals surface area contributed by atoms with Gasteiger partial charge in [-0.2, -0.15) is 0 Å². The lowest BCUT2D eigenvalue weighted by molar-refractivity contribution is 0.0942. The van der Waals surface area contributed by atoms with Crippen molar-refractivity contribution in [3.63, 3.8) is 0 Å². The Hall–Kier alpha value is -1.29. The fourth-order valence-corrected chi connectivity index (χ4v) is 3.05. The molecule has 104 valence electrons. The molecule has 0 aromatic carbocycles. The van der Waals surface area contributed by atoms with E-state index in [1.54, 1.807) is 11.3 Å². The minimum Gasteiger partial charge on any atom is -0.351 e. The number of nitrogens with zero attached hydrogens (tertiary/aromatic N) is 1. The summed E-state index contributed by atoms with van der Waals surface area (Å²) in [7, 11) is 0. The van der Waals surface area contributed by atoms with Crippen molar-refractivity contribution in [1.29, 1.82) is 0 Å². The highest BCUT2D eigenvalue weighted by Gasteiger charge is 2.17. The van der Waals surface area contributed by atoms with Gasteiger partial charge in [0.2, 0.25) is 0 Å². The maximum atomic E-state index is 12.3. The zero-order chi connectivity index (χ0) is 14.0. The molecular weight excluding hydrogens is 256 g/mol. The predicted octanol–water partition coefficient (Wildman–Crippen LogP) is 4.06. The lowest BCUT2D eigenvalue weighted by atomic mass is 10.1. The highest BCUT2D eigenvalue weighted by atomic mass is 32.1. The molecule has 2 heterocycles. The van der Waals surface area contributed by atoms with Crippen LogP contribution in [0.5, 0.6) is 0 Å². The number of carbonyl (C=O) groups is 1. The first-order valence-corrected chi connectivity index (χ1v) is 7.75. The van der Waals surface area contributed by atoms with E-state index in [2.05, 4.69) is 49.0 Å². The van der Waals surface area contributed by atoms with Crippen LogP contribution in [0, 0.1) is 5.92 Å². The highest BCUT2D eigenvalue weighted by Crippen LogP contribution is 2.28. The highest BCUT2D eigenvalue weighted by molar-refractivity contribution is 7.17. The number of rotatable bonds is 5. The van der Waals surface area contributed by atoms with Crippen LogP contribution < -0.4 is 5.32 Å². The SMILES string of the molecule is CC(C)CCNC(=O)c1cc2sccc2n1C(C)C. The first-order chi connectivity index (χ1) is 9.00. The van der Waals surface area contributed by atoms with E-state index >= 15 is 0 Å². The second-order valence-electron chi connectivity index (χ2n) is 5.60. The molecule has 0 saturated carbocycles. The third-order valence-corrected chi connectivity index (χ3v) is 4.07. The van der Waals surface area contributed by atoms with Crippen molar-refractivity contribution < 1.29 is 4.79 Å². The molecule has 0 aliphatic carbocycles. The molecule has 4 heteroatoms.